The molecule has 0 aliphatic carbocycles. The Balaban J connectivity index is 2.35. The number of rotatable bonds is 7. The minimum Gasteiger partial charge on any atom is -0.550 e. The van der Waals surface area contributed by atoms with Gasteiger partial charge in [-0.05, 0) is 5.56 Å². The molecule has 18 heavy (non-hydrogen) atoms. The molecule has 0 heterocycles. The summed E-state index contributed by atoms with van der Waals surface area (Å²) in [4.78, 5) is 32.5. The number of hydrogen-bond donors (Lipinski definition) is 0. The third-order valence-electron chi connectivity index (χ3n) is 2.19. The highest BCUT2D eigenvalue weighted by Crippen LogP contribution is 2.03. The van der Waals surface area contributed by atoms with Crippen molar-refractivity contribution in [3.8, 4) is 0 Å². The Morgan fingerprint density at radius 3 is 2.28 bits per heavy atom. The second-order valence-corrected chi connectivity index (χ2v) is 3.82. The van der Waals surface area contributed by atoms with Crippen molar-refractivity contribution in [1.29, 1.82) is 0 Å². The summed E-state index contributed by atoms with van der Waals surface area (Å²) in [6.45, 7) is 0. The van der Waals surface area contributed by atoms with Gasteiger partial charge in [-0.15, -0.1) is 0 Å². The number of aliphatic carboxylic acids is 1. The van der Waals surface area contributed by atoms with Crippen molar-refractivity contribution >= 4 is 23.6 Å². The van der Waals surface area contributed by atoms with Gasteiger partial charge in [0.05, 0.1) is 6.42 Å². The zero-order valence-corrected chi connectivity index (χ0v) is 9.80. The molecule has 4 nitrogen and oxygen atoms in total. The van der Waals surface area contributed by atoms with Crippen molar-refractivity contribution in [3.05, 3.63) is 42.0 Å². The Morgan fingerprint density at radius 1 is 1.00 bits per heavy atom. The number of benzene rings is 1. The lowest BCUT2D eigenvalue weighted by Crippen LogP contribution is -2.26. The van der Waals surface area contributed by atoms with Crippen LogP contribution >= 0.6 is 0 Å². The number of ketones is 2. The lowest BCUT2D eigenvalue weighted by atomic mass is 10.1. The van der Waals surface area contributed by atoms with Crippen LogP contribution < -0.4 is 5.11 Å². The molecule has 94 valence electrons. The summed E-state index contributed by atoms with van der Waals surface area (Å²) in [5, 5.41) is 10.1. The van der Waals surface area contributed by atoms with Crippen molar-refractivity contribution in [3.63, 3.8) is 0 Å². The first kappa shape index (κ1) is 13.8. The van der Waals surface area contributed by atoms with E-state index in [1.165, 1.54) is 0 Å². The van der Waals surface area contributed by atoms with Crippen molar-refractivity contribution in [2.45, 2.75) is 19.3 Å². The predicted molar refractivity (Wildman–Crippen MR) is 64.3 cm³/mol. The van der Waals surface area contributed by atoms with E-state index in [1.54, 1.807) is 12.2 Å². The Labute approximate surface area is 105 Å². The number of allylic oxidation sites excluding steroid dienone is 1. The van der Waals surface area contributed by atoms with Crippen LogP contribution in [-0.2, 0) is 14.4 Å². The summed E-state index contributed by atoms with van der Waals surface area (Å²) in [7, 11) is 0. The summed E-state index contributed by atoms with van der Waals surface area (Å²) >= 11 is 0. The molecule has 1 rings (SSSR count). The first-order chi connectivity index (χ1) is 8.58. The Morgan fingerprint density at radius 2 is 1.67 bits per heavy atom. The summed E-state index contributed by atoms with van der Waals surface area (Å²) < 4.78 is 0. The topological polar surface area (TPSA) is 74.3 Å². The molecule has 0 amide bonds. The minimum atomic E-state index is -1.45. The minimum absolute atomic E-state index is 0.119. The van der Waals surface area contributed by atoms with Gasteiger partial charge in [0.1, 0.15) is 11.6 Å². The average molecular weight is 245 g/mol. The van der Waals surface area contributed by atoms with Crippen LogP contribution in [0.5, 0.6) is 0 Å². The normalized spacial score (nSPS) is 10.4. The average Bonchev–Trinajstić information content (AvgIpc) is 2.29. The van der Waals surface area contributed by atoms with Gasteiger partial charge in [-0.2, -0.15) is 0 Å². The number of Topliss-reactive ketones (excluding diaryl/α,β-unsaturated/α-hetero) is 2. The number of carbonyl (C=O) groups is 3. The van der Waals surface area contributed by atoms with Gasteiger partial charge < -0.3 is 9.90 Å². The quantitative estimate of drug-likeness (QED) is 0.664. The van der Waals surface area contributed by atoms with Gasteiger partial charge in [-0.25, -0.2) is 0 Å². The van der Waals surface area contributed by atoms with Crippen LogP contribution in [0, 0.1) is 0 Å². The predicted octanol–water partition coefficient (Wildman–Crippen LogP) is 0.758. The van der Waals surface area contributed by atoms with Crippen LogP contribution in [0.4, 0.5) is 0 Å². The highest BCUT2D eigenvalue weighted by Gasteiger charge is 2.08. The molecule has 0 bridgehead atoms. The fourth-order valence-electron chi connectivity index (χ4n) is 1.41. The Bertz CT molecular complexity index is 460. The van der Waals surface area contributed by atoms with Crippen molar-refractivity contribution < 1.29 is 19.5 Å². The molecule has 0 saturated heterocycles. The summed E-state index contributed by atoms with van der Waals surface area (Å²) in [5.41, 5.74) is 0.964. The molecule has 0 radical (unpaired) electrons. The van der Waals surface area contributed by atoms with E-state index in [-0.39, 0.29) is 18.6 Å². The number of carboxylic acids is 1. The molecule has 4 heteroatoms. The molecule has 0 spiro atoms. The van der Waals surface area contributed by atoms with Gasteiger partial charge in [-0.1, -0.05) is 42.5 Å². The maximum atomic E-state index is 11.3. The zero-order valence-electron chi connectivity index (χ0n) is 9.80. The maximum Gasteiger partial charge on any atom is 0.145 e. The first-order valence-corrected chi connectivity index (χ1v) is 5.53. The van der Waals surface area contributed by atoms with E-state index in [9.17, 15) is 19.5 Å². The van der Waals surface area contributed by atoms with Gasteiger partial charge in [0, 0.05) is 18.8 Å². The molecule has 0 unspecified atom stereocenters. The van der Waals surface area contributed by atoms with Crippen LogP contribution in [0.2, 0.25) is 0 Å². The van der Waals surface area contributed by atoms with Crippen molar-refractivity contribution in [2.75, 3.05) is 0 Å². The standard InChI is InChI=1S/C14H14O4/c15-12(9-13(16)10-14(17)18)8-4-7-11-5-2-1-3-6-11/h1-7H,8-10H2,(H,17,18)/p-1/b7-4+. The van der Waals surface area contributed by atoms with E-state index in [2.05, 4.69) is 0 Å². The molecule has 0 aromatic heterocycles. The summed E-state index contributed by atoms with van der Waals surface area (Å²) in [5.74, 6) is -2.37. The second kappa shape index (κ2) is 7.17. The van der Waals surface area contributed by atoms with Gasteiger partial charge in [0.15, 0.2) is 0 Å². The van der Waals surface area contributed by atoms with Gasteiger partial charge in [-0.3, -0.25) is 9.59 Å². The highest BCUT2D eigenvalue weighted by atomic mass is 16.4. The molecule has 1 aromatic carbocycles. The largest absolute Gasteiger partial charge is 0.550 e. The van der Waals surface area contributed by atoms with E-state index in [4.69, 9.17) is 0 Å². The van der Waals surface area contributed by atoms with Crippen LogP contribution in [0.25, 0.3) is 6.08 Å². The van der Waals surface area contributed by atoms with Gasteiger partial charge in [0.25, 0.3) is 0 Å². The monoisotopic (exact) mass is 245 g/mol. The van der Waals surface area contributed by atoms with E-state index in [0.717, 1.165) is 5.56 Å². The number of carbonyl (C=O) groups excluding carboxylic acids is 3. The maximum absolute atomic E-state index is 11.3. The molecule has 0 aliphatic rings. The van der Waals surface area contributed by atoms with E-state index in [0.29, 0.717) is 0 Å². The molecule has 0 saturated carbocycles. The lowest BCUT2D eigenvalue weighted by Gasteiger charge is -1.99. The lowest BCUT2D eigenvalue weighted by molar-refractivity contribution is -0.304. The van der Waals surface area contributed by atoms with Crippen LogP contribution in [-0.4, -0.2) is 17.5 Å². The number of hydrogen-bond acceptors (Lipinski definition) is 4. The SMILES string of the molecule is O=C([O-])CC(=O)CC(=O)C/C=C/c1ccccc1. The van der Waals surface area contributed by atoms with E-state index < -0.39 is 18.2 Å². The molecule has 0 aliphatic heterocycles. The highest BCUT2D eigenvalue weighted by molar-refractivity contribution is 6.05. The first-order valence-electron chi connectivity index (χ1n) is 5.53. The smallest absolute Gasteiger partial charge is 0.145 e. The molecule has 0 N–H and O–H groups in total. The van der Waals surface area contributed by atoms with Crippen LogP contribution in [0.15, 0.2) is 36.4 Å². The van der Waals surface area contributed by atoms with Crippen LogP contribution in [0.3, 0.4) is 0 Å². The summed E-state index contributed by atoms with van der Waals surface area (Å²) in [6.07, 6.45) is 2.50. The van der Waals surface area contributed by atoms with E-state index in [1.807, 2.05) is 30.3 Å². The van der Waals surface area contributed by atoms with Crippen molar-refractivity contribution in [2.24, 2.45) is 0 Å². The Kier molecular flexibility index (Phi) is 5.51. The molecule has 1 aromatic rings. The van der Waals surface area contributed by atoms with Gasteiger partial charge in [0.2, 0.25) is 0 Å². The summed E-state index contributed by atoms with van der Waals surface area (Å²) in [6, 6.07) is 9.43. The molecule has 0 fully saturated rings. The van der Waals surface area contributed by atoms with Gasteiger partial charge >= 0.3 is 0 Å². The second-order valence-electron chi connectivity index (χ2n) is 3.82. The zero-order chi connectivity index (χ0) is 13.4. The molecule has 0 atom stereocenters. The third-order valence-corrected chi connectivity index (χ3v) is 2.19. The molecular formula is C14H13O4-. The third kappa shape index (κ3) is 5.75. The van der Waals surface area contributed by atoms with Crippen molar-refractivity contribution in [1.82, 2.24) is 0 Å². The number of carboxylic acid groups (broad SMARTS) is 1. The molecular weight excluding hydrogens is 232 g/mol. The Hall–Kier alpha value is -2.23. The van der Waals surface area contributed by atoms with Crippen LogP contribution in [0.1, 0.15) is 24.8 Å². The van der Waals surface area contributed by atoms with E-state index >= 15 is 0 Å². The fraction of sp³-hybridized carbons (Fsp3) is 0.214. The fourth-order valence-corrected chi connectivity index (χ4v) is 1.41.